The molecule has 0 saturated heterocycles. The van der Waals surface area contributed by atoms with Crippen molar-refractivity contribution < 1.29 is 19.6 Å². The van der Waals surface area contributed by atoms with E-state index in [-0.39, 0.29) is 0 Å². The fourth-order valence-corrected chi connectivity index (χ4v) is 2.18. The topological polar surface area (TPSA) is 66.8 Å². The number of esters is 1. The van der Waals surface area contributed by atoms with Crippen molar-refractivity contribution in [1.29, 1.82) is 0 Å². The third-order valence-corrected chi connectivity index (χ3v) is 3.10. The van der Waals surface area contributed by atoms with Crippen LogP contribution in [0, 0.1) is 0 Å². The molecule has 0 aliphatic rings. The number of carbonyl (C=O) groups is 1. The van der Waals surface area contributed by atoms with Crippen molar-refractivity contribution in [3.63, 3.8) is 0 Å². The predicted molar refractivity (Wildman–Crippen MR) is 54.9 cm³/mol. The van der Waals surface area contributed by atoms with Crippen LogP contribution < -0.4 is 5.46 Å². The van der Waals surface area contributed by atoms with Gasteiger partial charge in [-0.25, -0.2) is 4.79 Å². The van der Waals surface area contributed by atoms with Gasteiger partial charge in [-0.3, -0.25) is 0 Å². The second-order valence-corrected chi connectivity index (χ2v) is 3.84. The number of methoxy groups -OCH3 is 1. The van der Waals surface area contributed by atoms with Gasteiger partial charge in [-0.05, 0) is 17.9 Å². The summed E-state index contributed by atoms with van der Waals surface area (Å²) in [5, 5.41) is 18.0. The Morgan fingerprint density at radius 1 is 1.64 bits per heavy atom. The number of hydrogen-bond donors (Lipinski definition) is 2. The molecule has 0 aromatic carbocycles. The predicted octanol–water partition coefficient (Wildman–Crippen LogP) is -0.223. The lowest BCUT2D eigenvalue weighted by Crippen LogP contribution is -2.31. The molecule has 4 nitrogen and oxygen atoms in total. The summed E-state index contributed by atoms with van der Waals surface area (Å²) < 4.78 is 4.54. The summed E-state index contributed by atoms with van der Waals surface area (Å²) in [4.78, 5) is 12.3. The van der Waals surface area contributed by atoms with Crippen molar-refractivity contribution >= 4 is 29.9 Å². The Kier molecular flexibility index (Phi) is 3.68. The highest BCUT2D eigenvalue weighted by molar-refractivity contribution is 7.15. The molecule has 1 heterocycles. The number of ether oxygens (including phenoxy) is 1. The highest BCUT2D eigenvalue weighted by atomic mass is 32.1. The molecule has 2 N–H and O–H groups in total. The summed E-state index contributed by atoms with van der Waals surface area (Å²) in [6, 6.07) is 1.46. The summed E-state index contributed by atoms with van der Waals surface area (Å²) in [7, 11) is -0.234. The van der Waals surface area contributed by atoms with E-state index in [2.05, 4.69) is 4.74 Å². The fourth-order valence-electron chi connectivity index (χ4n) is 1.14. The summed E-state index contributed by atoms with van der Waals surface area (Å²) in [5.74, 6) is -0.448. The summed E-state index contributed by atoms with van der Waals surface area (Å²) in [5.41, 5.74) is 0.387. The molecule has 0 unspecified atom stereocenters. The van der Waals surface area contributed by atoms with Crippen LogP contribution in [-0.2, 0) is 11.2 Å². The van der Waals surface area contributed by atoms with Gasteiger partial charge >= 0.3 is 13.1 Å². The van der Waals surface area contributed by atoms with Gasteiger partial charge in [-0.2, -0.15) is 0 Å². The number of rotatable bonds is 3. The van der Waals surface area contributed by atoms with Gasteiger partial charge in [-0.15, -0.1) is 11.3 Å². The van der Waals surface area contributed by atoms with E-state index in [0.29, 0.717) is 16.8 Å². The molecule has 0 aliphatic carbocycles. The van der Waals surface area contributed by atoms with Gasteiger partial charge in [0.1, 0.15) is 4.88 Å². The van der Waals surface area contributed by atoms with Crippen LogP contribution in [0.15, 0.2) is 6.07 Å². The number of thiophene rings is 1. The minimum atomic E-state index is -1.53. The van der Waals surface area contributed by atoms with Crippen molar-refractivity contribution in [1.82, 2.24) is 0 Å². The molecule has 6 heteroatoms. The van der Waals surface area contributed by atoms with E-state index < -0.39 is 13.1 Å². The Balaban J connectivity index is 3.06. The molecule has 1 rings (SSSR count). The number of aryl methyl sites for hydroxylation is 1. The van der Waals surface area contributed by atoms with Gasteiger partial charge in [0.25, 0.3) is 0 Å². The lowest BCUT2D eigenvalue weighted by Gasteiger charge is -1.96. The Hall–Kier alpha value is -0.845. The minimum absolute atomic E-state index is 0.387. The summed E-state index contributed by atoms with van der Waals surface area (Å²) in [6.07, 6.45) is 0.661. The maximum atomic E-state index is 11.1. The average Bonchev–Trinajstić information content (AvgIpc) is 2.60. The quantitative estimate of drug-likeness (QED) is 0.539. The lowest BCUT2D eigenvalue weighted by atomic mass is 9.80. The SMILES string of the molecule is CCc1sc(C(=O)OC)cc1B(O)O. The Morgan fingerprint density at radius 2 is 2.29 bits per heavy atom. The van der Waals surface area contributed by atoms with Crippen LogP contribution in [0.5, 0.6) is 0 Å². The van der Waals surface area contributed by atoms with Crippen LogP contribution in [0.25, 0.3) is 0 Å². The van der Waals surface area contributed by atoms with E-state index in [9.17, 15) is 4.79 Å². The second kappa shape index (κ2) is 4.59. The van der Waals surface area contributed by atoms with Crippen LogP contribution in [0.2, 0.25) is 0 Å². The zero-order valence-electron chi connectivity index (χ0n) is 7.98. The zero-order valence-corrected chi connectivity index (χ0v) is 8.80. The van der Waals surface area contributed by atoms with E-state index in [0.717, 1.165) is 4.88 Å². The molecule has 0 amide bonds. The van der Waals surface area contributed by atoms with Crippen molar-refractivity contribution in [3.8, 4) is 0 Å². The first-order chi connectivity index (χ1) is 6.60. The van der Waals surface area contributed by atoms with E-state index in [1.54, 1.807) is 0 Å². The van der Waals surface area contributed by atoms with Gasteiger partial charge in [0.05, 0.1) is 7.11 Å². The highest BCUT2D eigenvalue weighted by Gasteiger charge is 2.21. The van der Waals surface area contributed by atoms with Crippen molar-refractivity contribution in [2.24, 2.45) is 0 Å². The molecule has 0 radical (unpaired) electrons. The molecule has 14 heavy (non-hydrogen) atoms. The third kappa shape index (κ3) is 2.15. The van der Waals surface area contributed by atoms with Crippen LogP contribution in [0.3, 0.4) is 0 Å². The van der Waals surface area contributed by atoms with E-state index >= 15 is 0 Å². The monoisotopic (exact) mass is 214 g/mol. The summed E-state index contributed by atoms with van der Waals surface area (Å²) in [6.45, 7) is 1.89. The minimum Gasteiger partial charge on any atom is -0.465 e. The lowest BCUT2D eigenvalue weighted by molar-refractivity contribution is 0.0606. The van der Waals surface area contributed by atoms with Crippen LogP contribution in [0.4, 0.5) is 0 Å². The van der Waals surface area contributed by atoms with E-state index in [1.165, 1.54) is 24.5 Å². The van der Waals surface area contributed by atoms with Gasteiger partial charge in [0.2, 0.25) is 0 Å². The molecule has 1 aromatic rings. The van der Waals surface area contributed by atoms with Crippen LogP contribution in [0.1, 0.15) is 21.5 Å². The Morgan fingerprint density at radius 3 is 2.64 bits per heavy atom. The zero-order chi connectivity index (χ0) is 10.7. The van der Waals surface area contributed by atoms with Crippen molar-refractivity contribution in [3.05, 3.63) is 15.8 Å². The fraction of sp³-hybridized carbons (Fsp3) is 0.375. The molecule has 76 valence electrons. The molecule has 0 atom stereocenters. The maximum absolute atomic E-state index is 11.1. The Labute approximate surface area is 86.3 Å². The normalized spacial score (nSPS) is 10.0. The summed E-state index contributed by atoms with van der Waals surface area (Å²) >= 11 is 1.23. The molecule has 0 fully saturated rings. The molecular weight excluding hydrogens is 203 g/mol. The van der Waals surface area contributed by atoms with Gasteiger partial charge in [-0.1, -0.05) is 6.92 Å². The van der Waals surface area contributed by atoms with Gasteiger partial charge in [0.15, 0.2) is 0 Å². The van der Waals surface area contributed by atoms with Crippen molar-refractivity contribution in [2.75, 3.05) is 7.11 Å². The standard InChI is InChI=1S/C8H11BO4S/c1-3-6-5(9(11)12)4-7(14-6)8(10)13-2/h4,11-12H,3H2,1-2H3. The van der Waals surface area contributed by atoms with Crippen LogP contribution in [-0.4, -0.2) is 30.2 Å². The number of carbonyl (C=O) groups excluding carboxylic acids is 1. The van der Waals surface area contributed by atoms with Gasteiger partial charge < -0.3 is 14.8 Å². The smallest absolute Gasteiger partial charge is 0.465 e. The Bertz CT molecular complexity index is 334. The van der Waals surface area contributed by atoms with E-state index in [1.807, 2.05) is 6.92 Å². The highest BCUT2D eigenvalue weighted by Crippen LogP contribution is 2.16. The number of hydrogen-bond acceptors (Lipinski definition) is 5. The largest absolute Gasteiger partial charge is 0.489 e. The third-order valence-electron chi connectivity index (χ3n) is 1.83. The molecule has 0 spiro atoms. The van der Waals surface area contributed by atoms with Crippen molar-refractivity contribution in [2.45, 2.75) is 13.3 Å². The first kappa shape index (κ1) is 11.2. The molecular formula is C8H11BO4S. The second-order valence-electron chi connectivity index (χ2n) is 2.71. The maximum Gasteiger partial charge on any atom is 0.489 e. The van der Waals surface area contributed by atoms with E-state index in [4.69, 9.17) is 10.0 Å². The molecule has 0 aliphatic heterocycles. The first-order valence-corrected chi connectivity index (χ1v) is 4.98. The van der Waals surface area contributed by atoms with Gasteiger partial charge in [0, 0.05) is 4.88 Å². The molecule has 0 saturated carbocycles. The molecule has 0 bridgehead atoms. The first-order valence-electron chi connectivity index (χ1n) is 4.17. The molecule has 1 aromatic heterocycles. The average molecular weight is 214 g/mol. The van der Waals surface area contributed by atoms with Crippen LogP contribution >= 0.6 is 11.3 Å².